The van der Waals surface area contributed by atoms with Gasteiger partial charge in [-0.2, -0.15) is 5.10 Å². The van der Waals surface area contributed by atoms with Gasteiger partial charge >= 0.3 is 0 Å². The number of nitrogens with one attached hydrogen (secondary N) is 2. The number of furan rings is 1. The molecule has 2 N–H and O–H groups in total. The van der Waals surface area contributed by atoms with Gasteiger partial charge in [0.05, 0.1) is 6.20 Å². The summed E-state index contributed by atoms with van der Waals surface area (Å²) >= 11 is 0. The molecule has 3 heterocycles. The number of aryl methyl sites for hydroxylation is 1. The molecule has 2 aromatic heterocycles. The molecule has 0 radical (unpaired) electrons. The minimum Gasteiger partial charge on any atom is -0.460 e. The van der Waals surface area contributed by atoms with E-state index in [0.717, 1.165) is 48.3 Å². The van der Waals surface area contributed by atoms with Crippen molar-refractivity contribution in [1.82, 2.24) is 25.3 Å². The van der Waals surface area contributed by atoms with Gasteiger partial charge in [0.15, 0.2) is 5.76 Å². The Morgan fingerprint density at radius 1 is 1.32 bits per heavy atom. The number of nitrogens with zero attached hydrogens (tertiary/aromatic N) is 3. The summed E-state index contributed by atoms with van der Waals surface area (Å²) in [5.74, 6) is 2.56. The molecular formula is C19H31N5O. The number of aromatic amines is 1. The van der Waals surface area contributed by atoms with Gasteiger partial charge in [-0.05, 0) is 71.5 Å². The van der Waals surface area contributed by atoms with Crippen LogP contribution in [-0.2, 0) is 6.54 Å². The topological polar surface area (TPSA) is 60.3 Å². The van der Waals surface area contributed by atoms with Crippen LogP contribution in [0.25, 0.3) is 11.5 Å². The molecule has 1 aliphatic heterocycles. The number of rotatable bonds is 8. The zero-order valence-electron chi connectivity index (χ0n) is 15.7. The standard InChI is InChI=1S/C19H31N5O/c1-15-4-5-18(25-15)19-17(14-21-22-19)13-20-12-16-6-8-24(9-7-16)11-10-23(2)3/h4-5,14,16,20H,6-13H2,1-3H3,(H,21,22). The summed E-state index contributed by atoms with van der Waals surface area (Å²) in [6.07, 6.45) is 4.47. The molecule has 25 heavy (non-hydrogen) atoms. The molecule has 0 spiro atoms. The predicted molar refractivity (Wildman–Crippen MR) is 100 cm³/mol. The average Bonchev–Trinajstić information content (AvgIpc) is 3.22. The largest absolute Gasteiger partial charge is 0.460 e. The van der Waals surface area contributed by atoms with Gasteiger partial charge in [-0.25, -0.2) is 0 Å². The maximum Gasteiger partial charge on any atom is 0.152 e. The van der Waals surface area contributed by atoms with Crippen LogP contribution in [0, 0.1) is 12.8 Å². The first-order valence-electron chi connectivity index (χ1n) is 9.28. The number of hydrogen-bond donors (Lipinski definition) is 2. The lowest BCUT2D eigenvalue weighted by Crippen LogP contribution is -2.40. The van der Waals surface area contributed by atoms with Crippen molar-refractivity contribution in [2.24, 2.45) is 5.92 Å². The average molecular weight is 345 g/mol. The number of hydrogen-bond acceptors (Lipinski definition) is 5. The highest BCUT2D eigenvalue weighted by Crippen LogP contribution is 2.23. The molecular weight excluding hydrogens is 314 g/mol. The van der Waals surface area contributed by atoms with Gasteiger partial charge in [0, 0.05) is 25.2 Å². The smallest absolute Gasteiger partial charge is 0.152 e. The van der Waals surface area contributed by atoms with Crippen molar-refractivity contribution in [2.45, 2.75) is 26.3 Å². The van der Waals surface area contributed by atoms with Crippen molar-refractivity contribution in [3.8, 4) is 11.5 Å². The van der Waals surface area contributed by atoms with E-state index >= 15 is 0 Å². The van der Waals surface area contributed by atoms with Crippen LogP contribution in [0.4, 0.5) is 0 Å². The van der Waals surface area contributed by atoms with E-state index in [1.807, 2.05) is 25.3 Å². The second-order valence-corrected chi connectivity index (χ2v) is 7.40. The summed E-state index contributed by atoms with van der Waals surface area (Å²) in [5, 5.41) is 10.9. The quantitative estimate of drug-likeness (QED) is 0.769. The third-order valence-corrected chi connectivity index (χ3v) is 5.02. The van der Waals surface area contributed by atoms with Crippen molar-refractivity contribution in [2.75, 3.05) is 46.8 Å². The Kier molecular flexibility index (Phi) is 6.29. The number of likely N-dealkylation sites (tertiary alicyclic amines) is 1. The highest BCUT2D eigenvalue weighted by atomic mass is 16.3. The van der Waals surface area contributed by atoms with E-state index in [2.05, 4.69) is 39.4 Å². The first-order chi connectivity index (χ1) is 12.1. The van der Waals surface area contributed by atoms with Crippen LogP contribution < -0.4 is 5.32 Å². The summed E-state index contributed by atoms with van der Waals surface area (Å²) < 4.78 is 5.71. The summed E-state index contributed by atoms with van der Waals surface area (Å²) in [6.45, 7) is 8.65. The Balaban J connectivity index is 1.40. The first-order valence-corrected chi connectivity index (χ1v) is 9.28. The number of aromatic nitrogens is 2. The zero-order valence-corrected chi connectivity index (χ0v) is 15.7. The van der Waals surface area contributed by atoms with Crippen molar-refractivity contribution < 1.29 is 4.42 Å². The fraction of sp³-hybridized carbons (Fsp3) is 0.632. The first kappa shape index (κ1) is 18.2. The third-order valence-electron chi connectivity index (χ3n) is 5.02. The van der Waals surface area contributed by atoms with E-state index in [1.165, 1.54) is 32.5 Å². The van der Waals surface area contributed by atoms with E-state index in [0.29, 0.717) is 0 Å². The van der Waals surface area contributed by atoms with Crippen LogP contribution >= 0.6 is 0 Å². The summed E-state index contributed by atoms with van der Waals surface area (Å²) in [4.78, 5) is 4.85. The van der Waals surface area contributed by atoms with Gasteiger partial charge in [0.25, 0.3) is 0 Å². The monoisotopic (exact) mass is 345 g/mol. The highest BCUT2D eigenvalue weighted by molar-refractivity contribution is 5.56. The maximum atomic E-state index is 5.71. The second kappa shape index (κ2) is 8.65. The van der Waals surface area contributed by atoms with E-state index < -0.39 is 0 Å². The molecule has 1 aliphatic rings. The minimum atomic E-state index is 0.775. The Bertz CT molecular complexity index is 640. The Labute approximate surface area is 150 Å². The molecule has 6 heteroatoms. The molecule has 0 bridgehead atoms. The minimum absolute atomic E-state index is 0.775. The van der Waals surface area contributed by atoms with E-state index in [1.54, 1.807) is 0 Å². The van der Waals surface area contributed by atoms with Crippen LogP contribution in [-0.4, -0.2) is 66.8 Å². The van der Waals surface area contributed by atoms with Crippen LogP contribution in [0.5, 0.6) is 0 Å². The number of likely N-dealkylation sites (N-methyl/N-ethyl adjacent to an activating group) is 1. The van der Waals surface area contributed by atoms with Crippen molar-refractivity contribution >= 4 is 0 Å². The Hall–Kier alpha value is -1.63. The van der Waals surface area contributed by atoms with Crippen LogP contribution in [0.15, 0.2) is 22.7 Å². The van der Waals surface area contributed by atoms with Gasteiger partial charge in [-0.15, -0.1) is 0 Å². The van der Waals surface area contributed by atoms with Crippen molar-refractivity contribution in [1.29, 1.82) is 0 Å². The Morgan fingerprint density at radius 2 is 2.12 bits per heavy atom. The van der Waals surface area contributed by atoms with Gasteiger partial charge < -0.3 is 19.5 Å². The molecule has 0 atom stereocenters. The molecule has 0 unspecified atom stereocenters. The van der Waals surface area contributed by atoms with E-state index in [4.69, 9.17) is 4.42 Å². The lowest BCUT2D eigenvalue weighted by Gasteiger charge is -2.32. The van der Waals surface area contributed by atoms with E-state index in [-0.39, 0.29) is 0 Å². The Morgan fingerprint density at radius 3 is 2.80 bits per heavy atom. The SMILES string of the molecule is Cc1ccc(-c2[nH]ncc2CNCC2CCN(CCN(C)C)CC2)o1. The fourth-order valence-electron chi connectivity index (χ4n) is 3.39. The molecule has 1 saturated heterocycles. The van der Waals surface area contributed by atoms with Gasteiger partial charge in [0.1, 0.15) is 11.5 Å². The van der Waals surface area contributed by atoms with Crippen LogP contribution in [0.2, 0.25) is 0 Å². The molecule has 2 aromatic rings. The van der Waals surface area contributed by atoms with Crippen LogP contribution in [0.1, 0.15) is 24.2 Å². The van der Waals surface area contributed by atoms with E-state index in [9.17, 15) is 0 Å². The van der Waals surface area contributed by atoms with Gasteiger partial charge in [-0.1, -0.05) is 0 Å². The van der Waals surface area contributed by atoms with Crippen molar-refractivity contribution in [3.63, 3.8) is 0 Å². The normalized spacial score (nSPS) is 16.8. The van der Waals surface area contributed by atoms with Gasteiger partial charge in [0.2, 0.25) is 0 Å². The van der Waals surface area contributed by atoms with Crippen LogP contribution in [0.3, 0.4) is 0 Å². The second-order valence-electron chi connectivity index (χ2n) is 7.40. The molecule has 3 rings (SSSR count). The summed E-state index contributed by atoms with van der Waals surface area (Å²) in [7, 11) is 4.29. The number of H-pyrrole nitrogens is 1. The lowest BCUT2D eigenvalue weighted by atomic mass is 9.96. The van der Waals surface area contributed by atoms with Crippen molar-refractivity contribution in [3.05, 3.63) is 29.7 Å². The number of piperidine rings is 1. The third kappa shape index (κ3) is 5.17. The highest BCUT2D eigenvalue weighted by Gasteiger charge is 2.19. The molecule has 0 saturated carbocycles. The maximum absolute atomic E-state index is 5.71. The molecule has 0 amide bonds. The summed E-state index contributed by atoms with van der Waals surface area (Å²) in [6, 6.07) is 3.98. The predicted octanol–water partition coefficient (Wildman–Crippen LogP) is 2.34. The molecule has 0 aromatic carbocycles. The fourth-order valence-corrected chi connectivity index (χ4v) is 3.39. The molecule has 1 fully saturated rings. The summed E-state index contributed by atoms with van der Waals surface area (Å²) in [5.41, 5.74) is 2.15. The lowest BCUT2D eigenvalue weighted by molar-refractivity contribution is 0.169. The van der Waals surface area contributed by atoms with Gasteiger partial charge in [-0.3, -0.25) is 5.10 Å². The molecule has 138 valence electrons. The molecule has 0 aliphatic carbocycles. The zero-order chi connectivity index (χ0) is 17.6. The molecule has 6 nitrogen and oxygen atoms in total.